The second-order valence-corrected chi connectivity index (χ2v) is 25.3. The van der Waals surface area contributed by atoms with Gasteiger partial charge in [-0.15, -0.1) is 0 Å². The average Bonchev–Trinajstić information content (AvgIpc) is 3.69. The second kappa shape index (κ2) is 49.8. The summed E-state index contributed by atoms with van der Waals surface area (Å²) in [7, 11) is 0. The van der Waals surface area contributed by atoms with E-state index in [0.29, 0.717) is 75.8 Å². The Balaban J connectivity index is 3.35. The molecule has 0 bridgehead atoms. The van der Waals surface area contributed by atoms with Gasteiger partial charge in [0.25, 0.3) is 0 Å². The van der Waals surface area contributed by atoms with Gasteiger partial charge in [-0.25, -0.2) is 0 Å². The molecular formula is C66H115N11O11S. The summed E-state index contributed by atoms with van der Waals surface area (Å²) in [5, 5.41) is 24.1. The molecule has 0 fully saturated rings. The number of aromatic hydroxyl groups is 1. The van der Waals surface area contributed by atoms with Crippen molar-refractivity contribution in [3.05, 3.63) is 29.8 Å². The smallest absolute Gasteiger partial charge is 0.242 e. The number of phenols is 1. The molecule has 0 spiro atoms. The maximum absolute atomic E-state index is 14.6. The van der Waals surface area contributed by atoms with E-state index in [1.807, 2.05) is 20.1 Å². The fraction of sp³-hybridized carbons (Fsp3) is 0.742. The molecule has 89 heavy (non-hydrogen) atoms. The summed E-state index contributed by atoms with van der Waals surface area (Å²) in [6.45, 7) is 8.13. The van der Waals surface area contributed by atoms with Crippen LogP contribution >= 0.6 is 11.8 Å². The molecule has 0 unspecified atom stereocenters. The van der Waals surface area contributed by atoms with E-state index in [0.717, 1.165) is 19.3 Å². The number of benzene rings is 1. The number of amides is 6. The number of nitrogens with one attached hydrogen (secondary N) is 5. The Kier molecular flexibility index (Phi) is 45.4. The molecule has 0 heterocycles. The highest BCUT2D eigenvalue weighted by molar-refractivity contribution is 7.98. The number of hydrogen-bond donors (Lipinski definition) is 11. The van der Waals surface area contributed by atoms with E-state index in [-0.39, 0.29) is 93.6 Å². The van der Waals surface area contributed by atoms with Gasteiger partial charge < -0.3 is 60.4 Å². The first-order valence-electron chi connectivity index (χ1n) is 33.2. The van der Waals surface area contributed by atoms with Crippen LogP contribution in [0.15, 0.2) is 29.3 Å². The Bertz CT molecular complexity index is 2280. The number of carbonyl (C=O) groups excluding carboxylic acids is 10. The van der Waals surface area contributed by atoms with Gasteiger partial charge in [0.2, 0.25) is 35.4 Å². The first-order chi connectivity index (χ1) is 42.6. The van der Waals surface area contributed by atoms with Crippen molar-refractivity contribution in [2.24, 2.45) is 57.3 Å². The van der Waals surface area contributed by atoms with Crippen molar-refractivity contribution in [1.82, 2.24) is 26.6 Å². The zero-order valence-electron chi connectivity index (χ0n) is 54.7. The second-order valence-electron chi connectivity index (χ2n) is 24.3. The molecule has 506 valence electrons. The molecule has 1 rings (SSSR count). The van der Waals surface area contributed by atoms with E-state index in [2.05, 4.69) is 38.5 Å². The average molecular weight is 1270 g/mol. The monoisotopic (exact) mass is 1270 g/mol. The predicted octanol–water partition coefficient (Wildman–Crippen LogP) is 6.55. The van der Waals surface area contributed by atoms with Gasteiger partial charge in [0.1, 0.15) is 11.8 Å². The number of thioether (sulfide) groups is 1. The summed E-state index contributed by atoms with van der Waals surface area (Å²) in [5.74, 6) is -7.73. The molecule has 0 aliphatic heterocycles. The lowest BCUT2D eigenvalue weighted by Gasteiger charge is -2.27. The minimum absolute atomic E-state index is 0.0270. The number of unbranched alkanes of at least 4 members (excludes halogenated alkanes) is 14. The molecule has 1 aromatic rings. The van der Waals surface area contributed by atoms with Crippen LogP contribution in [-0.2, 0) is 54.4 Å². The Hall–Kier alpha value is -5.94. The summed E-state index contributed by atoms with van der Waals surface area (Å²) >= 11 is 1.51. The maximum Gasteiger partial charge on any atom is 0.242 e. The fourth-order valence-electron chi connectivity index (χ4n) is 10.7. The Morgan fingerprint density at radius 1 is 0.528 bits per heavy atom. The van der Waals surface area contributed by atoms with Crippen molar-refractivity contribution in [3.63, 3.8) is 0 Å². The number of primary amides is 1. The lowest BCUT2D eigenvalue weighted by Crippen LogP contribution is -2.49. The number of phenolic OH excluding ortho intramolecular Hbond substituents is 1. The van der Waals surface area contributed by atoms with E-state index < -0.39 is 108 Å². The highest BCUT2D eigenvalue weighted by Gasteiger charge is 2.35. The topological polar surface area (TPSA) is 394 Å². The van der Waals surface area contributed by atoms with Gasteiger partial charge in [0.15, 0.2) is 29.1 Å². The molecule has 1 aromatic carbocycles. The number of carbonyl (C=O) groups is 10. The molecule has 0 aliphatic rings. The van der Waals surface area contributed by atoms with E-state index in [9.17, 15) is 53.1 Å². The first-order valence-corrected chi connectivity index (χ1v) is 34.6. The van der Waals surface area contributed by atoms with Crippen LogP contribution in [-0.4, -0.2) is 132 Å². The molecule has 0 saturated heterocycles. The van der Waals surface area contributed by atoms with Crippen molar-refractivity contribution in [3.8, 4) is 5.75 Å². The van der Waals surface area contributed by atoms with E-state index in [4.69, 9.17) is 28.7 Å². The van der Waals surface area contributed by atoms with Gasteiger partial charge in [-0.1, -0.05) is 123 Å². The number of rotatable bonds is 56. The molecule has 16 N–H and O–H groups in total. The van der Waals surface area contributed by atoms with Gasteiger partial charge in [-0.05, 0) is 126 Å². The minimum atomic E-state index is -1.36. The highest BCUT2D eigenvalue weighted by Crippen LogP contribution is 2.24. The van der Waals surface area contributed by atoms with Crippen molar-refractivity contribution in [1.29, 1.82) is 0 Å². The van der Waals surface area contributed by atoms with E-state index in [1.54, 1.807) is 19.1 Å². The van der Waals surface area contributed by atoms with Crippen LogP contribution in [0.1, 0.15) is 226 Å². The van der Waals surface area contributed by atoms with Crippen molar-refractivity contribution in [2.45, 2.75) is 251 Å². The largest absolute Gasteiger partial charge is 0.508 e. The van der Waals surface area contributed by atoms with Gasteiger partial charge in [0, 0.05) is 62.8 Å². The number of guanidine groups is 1. The predicted molar refractivity (Wildman–Crippen MR) is 354 cm³/mol. The molecule has 0 aromatic heterocycles. The van der Waals surface area contributed by atoms with Gasteiger partial charge in [-0.2, -0.15) is 11.8 Å². The standard InChI is InChI=1S/C66H115N11O11S/c1-6-8-9-10-11-12-13-14-15-16-17-18-19-28-61(84)74-56(35-39-89-5)65(88)73-45-52(79)42-50(41-47-29-31-51(78)32-30-47)64(87)77-55(33-34-60(69)83)58(81)43-48(25-20-22-36-67)62(85)76-54(26-21-23-37-68)59(82)44-49(40-46(3)4)63(86)75-53(57(80)7-2)27-24-38-72-66(70)71/h29-32,46,48-50,53-56,78H,6-28,33-45,67-68H2,1-5H3,(H2,69,83)(H,73,88)(H,74,84)(H,75,86)(H,76,85)(H,77,87)(H4,70,71,72)/t48-,49-,50-,53+,54+,55+,56+/m1/s1. The molecule has 6 amide bonds. The molecule has 0 saturated carbocycles. The summed E-state index contributed by atoms with van der Waals surface area (Å²) in [6, 6.07) is 1.85. The Morgan fingerprint density at radius 2 is 1.03 bits per heavy atom. The Labute approximate surface area is 535 Å². The molecule has 22 nitrogen and oxygen atoms in total. The van der Waals surface area contributed by atoms with Gasteiger partial charge >= 0.3 is 0 Å². The van der Waals surface area contributed by atoms with Crippen LogP contribution in [0.5, 0.6) is 5.75 Å². The first kappa shape index (κ1) is 81.1. The number of nitrogens with zero attached hydrogens (tertiary/aromatic N) is 1. The SMILES string of the molecule is CCCCCCCCCCCCCCCC(=O)N[C@@H](CCSC)C(=O)NCC(=O)C[C@@H](Cc1ccc(O)cc1)C(=O)N[C@@H](CCC(N)=O)C(=O)C[C@@H](CCCCN)C(=O)N[C@@H](CCCCN)C(=O)C[C@@H](CC(C)C)C(=O)N[C@@H](CCCN=C(N)N)C(=O)CC. The molecule has 23 heteroatoms. The normalized spacial score (nSPS) is 13.6. The third-order valence-corrected chi connectivity index (χ3v) is 16.6. The third kappa shape index (κ3) is 39.0. The Morgan fingerprint density at radius 3 is 1.56 bits per heavy atom. The van der Waals surface area contributed by atoms with Crippen LogP contribution < -0.4 is 55.3 Å². The molecule has 7 atom stereocenters. The van der Waals surface area contributed by atoms with Crippen molar-refractivity contribution in [2.75, 3.05) is 38.2 Å². The maximum atomic E-state index is 14.6. The third-order valence-electron chi connectivity index (χ3n) is 15.9. The number of nitrogens with two attached hydrogens (primary N) is 5. The highest BCUT2D eigenvalue weighted by atomic mass is 32.2. The van der Waals surface area contributed by atoms with Crippen molar-refractivity contribution >= 4 is 76.3 Å². The lowest BCUT2D eigenvalue weighted by molar-refractivity contribution is -0.136. The minimum Gasteiger partial charge on any atom is -0.508 e. The fourth-order valence-corrected chi connectivity index (χ4v) is 11.2. The zero-order chi connectivity index (χ0) is 66.4. The summed E-state index contributed by atoms with van der Waals surface area (Å²) in [4.78, 5) is 142. The molecule has 0 radical (unpaired) electrons. The number of hydrogen-bond acceptors (Lipinski definition) is 15. The van der Waals surface area contributed by atoms with Crippen LogP contribution in [0.2, 0.25) is 0 Å². The van der Waals surface area contributed by atoms with E-state index >= 15 is 0 Å². The molecule has 0 aliphatic carbocycles. The summed E-state index contributed by atoms with van der Waals surface area (Å²) in [5.41, 5.74) is 28.8. The van der Waals surface area contributed by atoms with Gasteiger partial charge in [-0.3, -0.25) is 52.9 Å². The quantitative estimate of drug-likeness (QED) is 0.0187. The summed E-state index contributed by atoms with van der Waals surface area (Å²) in [6.07, 6.45) is 19.5. The number of ketones is 4. The number of Topliss-reactive ketones (excluding diaryl/α,β-unsaturated/α-hetero) is 4. The van der Waals surface area contributed by atoms with Crippen LogP contribution in [0, 0.1) is 23.7 Å². The molecular weight excluding hydrogens is 1150 g/mol. The van der Waals surface area contributed by atoms with Crippen molar-refractivity contribution < 1.29 is 53.1 Å². The summed E-state index contributed by atoms with van der Waals surface area (Å²) < 4.78 is 0. The van der Waals surface area contributed by atoms with Crippen LogP contribution in [0.3, 0.4) is 0 Å². The van der Waals surface area contributed by atoms with Gasteiger partial charge in [0.05, 0.1) is 24.7 Å². The van der Waals surface area contributed by atoms with Crippen LogP contribution in [0.25, 0.3) is 0 Å². The van der Waals surface area contributed by atoms with E-state index in [1.165, 1.54) is 81.7 Å². The van der Waals surface area contributed by atoms with Crippen LogP contribution in [0.4, 0.5) is 0 Å². The lowest BCUT2D eigenvalue weighted by atomic mass is 9.87. The zero-order valence-corrected chi connectivity index (χ0v) is 55.5. The number of aliphatic imine (C=N–C) groups is 1.